The van der Waals surface area contributed by atoms with E-state index in [0.29, 0.717) is 56.7 Å². The van der Waals surface area contributed by atoms with Crippen molar-refractivity contribution in [2.75, 3.05) is 26.2 Å². The molecule has 0 bridgehead atoms. The number of nitrogens with two attached hydrogens (primary N) is 5. The molecule has 0 radical (unpaired) electrons. The molecule has 0 aromatic heterocycles. The Kier molecular flexibility index (Phi) is 16.5. The summed E-state index contributed by atoms with van der Waals surface area (Å²) in [6.07, 6.45) is 2.29. The summed E-state index contributed by atoms with van der Waals surface area (Å²) in [4.78, 5) is 56.1. The Morgan fingerprint density at radius 2 is 1.36 bits per heavy atom. The van der Waals surface area contributed by atoms with Crippen LogP contribution >= 0.6 is 0 Å². The van der Waals surface area contributed by atoms with Gasteiger partial charge < -0.3 is 49.4 Å². The van der Waals surface area contributed by atoms with Crippen LogP contribution in [0.2, 0.25) is 0 Å². The Balaban J connectivity index is 2.24. The molecular formula is C31H47N9O5. The highest BCUT2D eigenvalue weighted by atomic mass is 16.5. The summed E-state index contributed by atoms with van der Waals surface area (Å²) in [5, 5.41) is 8.24. The first-order chi connectivity index (χ1) is 21.6. The minimum Gasteiger partial charge on any atom is -0.492 e. The highest BCUT2D eigenvalue weighted by Crippen LogP contribution is 2.14. The van der Waals surface area contributed by atoms with Gasteiger partial charge >= 0.3 is 0 Å². The van der Waals surface area contributed by atoms with Crippen LogP contribution in [0.3, 0.4) is 0 Å². The normalized spacial score (nSPS) is 12.7. The van der Waals surface area contributed by atoms with Crippen molar-refractivity contribution in [1.82, 2.24) is 16.0 Å². The number of primary amides is 1. The van der Waals surface area contributed by atoms with Gasteiger partial charge in [0.2, 0.25) is 23.6 Å². The number of benzene rings is 2. The smallest absolute Gasteiger partial charge is 0.243 e. The molecular weight excluding hydrogens is 578 g/mol. The van der Waals surface area contributed by atoms with Crippen LogP contribution in [0.25, 0.3) is 0 Å². The summed E-state index contributed by atoms with van der Waals surface area (Å²) in [6.45, 7) is 1.38. The van der Waals surface area contributed by atoms with E-state index in [1.165, 1.54) is 0 Å². The monoisotopic (exact) mass is 625 g/mol. The Labute approximate surface area is 263 Å². The fourth-order valence-corrected chi connectivity index (χ4v) is 4.47. The van der Waals surface area contributed by atoms with Gasteiger partial charge in [0.1, 0.15) is 30.5 Å². The van der Waals surface area contributed by atoms with E-state index in [1.807, 2.05) is 30.3 Å². The number of aliphatic imine (C=N–C) groups is 1. The van der Waals surface area contributed by atoms with Crippen LogP contribution in [-0.4, -0.2) is 74.0 Å². The lowest BCUT2D eigenvalue weighted by Gasteiger charge is -2.25. The third kappa shape index (κ3) is 14.6. The largest absolute Gasteiger partial charge is 0.492 e. The number of carbonyl (C=O) groups excluding carboxylic acids is 4. The topological polar surface area (TPSA) is 256 Å². The summed E-state index contributed by atoms with van der Waals surface area (Å²) in [7, 11) is 0. The summed E-state index contributed by atoms with van der Waals surface area (Å²) in [5.74, 6) is -1.72. The second kappa shape index (κ2) is 20.3. The van der Waals surface area contributed by atoms with Gasteiger partial charge in [-0.05, 0) is 61.9 Å². The Morgan fingerprint density at radius 1 is 0.711 bits per heavy atom. The van der Waals surface area contributed by atoms with E-state index in [-0.39, 0.29) is 37.7 Å². The predicted molar refractivity (Wildman–Crippen MR) is 173 cm³/mol. The van der Waals surface area contributed by atoms with E-state index in [9.17, 15) is 19.2 Å². The fourth-order valence-electron chi connectivity index (χ4n) is 4.47. The van der Waals surface area contributed by atoms with Crippen LogP contribution in [0.1, 0.15) is 43.2 Å². The van der Waals surface area contributed by atoms with Gasteiger partial charge in [-0.1, -0.05) is 42.5 Å². The maximum Gasteiger partial charge on any atom is 0.243 e. The maximum atomic E-state index is 13.6. The molecule has 2 aromatic carbocycles. The van der Waals surface area contributed by atoms with Crippen LogP contribution in [0, 0.1) is 0 Å². The van der Waals surface area contributed by atoms with Gasteiger partial charge in [-0.15, -0.1) is 0 Å². The van der Waals surface area contributed by atoms with Crippen LogP contribution < -0.4 is 49.4 Å². The average Bonchev–Trinajstić information content (AvgIpc) is 3.01. The van der Waals surface area contributed by atoms with Crippen molar-refractivity contribution >= 4 is 29.6 Å². The number of nitrogens with zero attached hydrogens (tertiary/aromatic N) is 1. The molecule has 0 saturated heterocycles. The van der Waals surface area contributed by atoms with E-state index in [0.717, 1.165) is 5.56 Å². The minimum atomic E-state index is -1.10. The van der Waals surface area contributed by atoms with Crippen molar-refractivity contribution in [2.45, 2.75) is 63.1 Å². The molecule has 2 aromatic rings. The van der Waals surface area contributed by atoms with Gasteiger partial charge in [-0.3, -0.25) is 24.2 Å². The molecule has 0 unspecified atom stereocenters. The second-order valence-corrected chi connectivity index (χ2v) is 10.5. The van der Waals surface area contributed by atoms with Gasteiger partial charge in [0, 0.05) is 19.5 Å². The van der Waals surface area contributed by atoms with Crippen molar-refractivity contribution in [3.8, 4) is 5.75 Å². The summed E-state index contributed by atoms with van der Waals surface area (Å²) >= 11 is 0. The lowest BCUT2D eigenvalue weighted by atomic mass is 10.0. The highest BCUT2D eigenvalue weighted by Gasteiger charge is 2.29. The third-order valence-corrected chi connectivity index (χ3v) is 6.79. The second-order valence-electron chi connectivity index (χ2n) is 10.5. The molecule has 0 aliphatic rings. The summed E-state index contributed by atoms with van der Waals surface area (Å²) in [6, 6.07) is 13.1. The van der Waals surface area contributed by atoms with Crippen LogP contribution in [0.5, 0.6) is 5.75 Å². The number of guanidine groups is 1. The van der Waals surface area contributed by atoms with Crippen molar-refractivity contribution in [3.63, 3.8) is 0 Å². The van der Waals surface area contributed by atoms with E-state index in [1.54, 1.807) is 24.3 Å². The van der Waals surface area contributed by atoms with Crippen molar-refractivity contribution in [1.29, 1.82) is 0 Å². The number of unbranched alkanes of at least 4 members (excludes halogenated alkanes) is 1. The lowest BCUT2D eigenvalue weighted by Crippen LogP contribution is -2.57. The molecule has 2 rings (SSSR count). The molecule has 0 fully saturated rings. The maximum absolute atomic E-state index is 13.6. The summed E-state index contributed by atoms with van der Waals surface area (Å²) in [5.41, 5.74) is 28.9. The Morgan fingerprint density at radius 3 is 1.98 bits per heavy atom. The number of ether oxygens (including phenoxy) is 1. The molecule has 14 heteroatoms. The third-order valence-electron chi connectivity index (χ3n) is 6.79. The van der Waals surface area contributed by atoms with Crippen LogP contribution in [0.15, 0.2) is 59.6 Å². The molecule has 0 spiro atoms. The molecule has 13 N–H and O–H groups in total. The van der Waals surface area contributed by atoms with E-state index < -0.39 is 35.8 Å². The Bertz CT molecular complexity index is 1240. The number of nitrogens with one attached hydrogen (secondary N) is 3. The quantitative estimate of drug-likeness (QED) is 0.0477. The minimum absolute atomic E-state index is 0.0850. The molecule has 45 heavy (non-hydrogen) atoms. The van der Waals surface area contributed by atoms with Gasteiger partial charge in [-0.2, -0.15) is 0 Å². The van der Waals surface area contributed by atoms with E-state index in [4.69, 9.17) is 33.4 Å². The molecule has 3 atom stereocenters. The van der Waals surface area contributed by atoms with E-state index in [2.05, 4.69) is 20.9 Å². The molecule has 0 aliphatic carbocycles. The van der Waals surface area contributed by atoms with Gasteiger partial charge in [0.05, 0.1) is 6.42 Å². The van der Waals surface area contributed by atoms with Crippen molar-refractivity contribution in [3.05, 3.63) is 65.7 Å². The number of hydrogen-bond acceptors (Lipinski definition) is 8. The first-order valence-electron chi connectivity index (χ1n) is 15.0. The molecule has 4 amide bonds. The predicted octanol–water partition coefficient (Wildman–Crippen LogP) is -1.07. The first-order valence-corrected chi connectivity index (χ1v) is 15.0. The van der Waals surface area contributed by atoms with Gasteiger partial charge in [-0.25, -0.2) is 0 Å². The van der Waals surface area contributed by atoms with Gasteiger partial charge in [0.15, 0.2) is 5.96 Å². The van der Waals surface area contributed by atoms with Crippen LogP contribution in [0.4, 0.5) is 0 Å². The molecule has 0 heterocycles. The molecule has 0 aliphatic heterocycles. The molecule has 14 nitrogen and oxygen atoms in total. The standard InChI is InChI=1S/C31H47N9O5/c32-15-5-4-9-25(38-27(41)20-21-7-2-1-3-8-21)29(43)40-26(19-22-11-13-23(14-12-22)45-18-16-33)30(44)39-24(28(34)42)10-6-17-37-31(35)36/h1-3,7-8,11-14,24-26H,4-6,9-10,15-20,32-33H2,(H2,34,42)(H,38,41)(H,39,44)(H,40,43)(H4,35,36,37)/t24-,25-,26-/m0/s1. The number of hydrogen-bond donors (Lipinski definition) is 8. The zero-order chi connectivity index (χ0) is 33.0. The van der Waals surface area contributed by atoms with Gasteiger partial charge in [0.25, 0.3) is 0 Å². The SMILES string of the molecule is NCCCC[C@H](NC(=O)Cc1ccccc1)C(=O)N[C@@H](Cc1ccc(OCCN)cc1)C(=O)N[C@@H](CCCN=C(N)N)C(N)=O. The number of carbonyl (C=O) groups is 4. The highest BCUT2D eigenvalue weighted by molar-refractivity contribution is 5.94. The average molecular weight is 626 g/mol. The van der Waals surface area contributed by atoms with Crippen molar-refractivity contribution < 1.29 is 23.9 Å². The van der Waals surface area contributed by atoms with Crippen LogP contribution in [-0.2, 0) is 32.0 Å². The Hall–Kier alpha value is -4.69. The fraction of sp³-hybridized carbons (Fsp3) is 0.452. The summed E-state index contributed by atoms with van der Waals surface area (Å²) < 4.78 is 5.53. The molecule has 0 saturated carbocycles. The zero-order valence-corrected chi connectivity index (χ0v) is 25.6. The zero-order valence-electron chi connectivity index (χ0n) is 25.6. The lowest BCUT2D eigenvalue weighted by molar-refractivity contribution is -0.133. The van der Waals surface area contributed by atoms with E-state index >= 15 is 0 Å². The number of rotatable bonds is 21. The number of amides is 4. The molecule has 246 valence electrons. The van der Waals surface area contributed by atoms with Crippen molar-refractivity contribution in [2.24, 2.45) is 33.7 Å². The first kappa shape index (κ1) is 36.5.